The lowest BCUT2D eigenvalue weighted by molar-refractivity contribution is 0.0956. The molecule has 0 saturated carbocycles. The Labute approximate surface area is 130 Å². The fourth-order valence-electron chi connectivity index (χ4n) is 2.13. The van der Waals surface area contributed by atoms with Gasteiger partial charge in [-0.1, -0.05) is 12.1 Å². The molecule has 0 spiro atoms. The molecule has 0 aliphatic rings. The molecule has 0 saturated heterocycles. The molecule has 2 heterocycles. The summed E-state index contributed by atoms with van der Waals surface area (Å²) >= 11 is 0. The van der Waals surface area contributed by atoms with Gasteiger partial charge in [-0.05, 0) is 24.3 Å². The number of rotatable bonds is 3. The lowest BCUT2D eigenvalue weighted by Crippen LogP contribution is -2.12. The van der Waals surface area contributed by atoms with E-state index in [1.54, 1.807) is 6.07 Å². The van der Waals surface area contributed by atoms with Crippen LogP contribution < -0.4 is 0 Å². The number of benzene rings is 1. The van der Waals surface area contributed by atoms with Gasteiger partial charge in [0.05, 0.1) is 11.8 Å². The van der Waals surface area contributed by atoms with Gasteiger partial charge in [0, 0.05) is 29.7 Å². The van der Waals surface area contributed by atoms with Crippen molar-refractivity contribution in [1.82, 2.24) is 9.55 Å². The summed E-state index contributed by atoms with van der Waals surface area (Å²) in [5, 5.41) is 0. The van der Waals surface area contributed by atoms with E-state index < -0.39 is 23.3 Å². The average molecular weight is 312 g/mol. The molecule has 3 aromatic rings. The molecule has 6 heteroatoms. The zero-order valence-electron chi connectivity index (χ0n) is 11.7. The van der Waals surface area contributed by atoms with Crippen LogP contribution in [0.25, 0.3) is 0 Å². The molecule has 0 bridgehead atoms. The Morgan fingerprint density at radius 2 is 1.78 bits per heavy atom. The molecule has 4 nitrogen and oxygen atoms in total. The van der Waals surface area contributed by atoms with E-state index in [2.05, 4.69) is 4.98 Å². The molecule has 1 aromatic carbocycles. The first-order valence-corrected chi connectivity index (χ1v) is 6.69. The van der Waals surface area contributed by atoms with Gasteiger partial charge in [0.2, 0.25) is 0 Å². The van der Waals surface area contributed by atoms with Gasteiger partial charge < -0.3 is 0 Å². The van der Waals surface area contributed by atoms with Crippen LogP contribution >= 0.6 is 0 Å². The minimum atomic E-state index is -0.645. The maximum Gasteiger partial charge on any atom is 0.264 e. The zero-order valence-corrected chi connectivity index (χ0v) is 11.7. The summed E-state index contributed by atoms with van der Waals surface area (Å²) < 4.78 is 27.9. The number of carbonyl (C=O) groups excluding carboxylic acids is 2. The molecule has 0 fully saturated rings. The summed E-state index contributed by atoms with van der Waals surface area (Å²) in [6, 6.07) is 8.03. The topological polar surface area (TPSA) is 52.0 Å². The Morgan fingerprint density at radius 1 is 1.00 bits per heavy atom. The second-order valence-electron chi connectivity index (χ2n) is 4.81. The van der Waals surface area contributed by atoms with E-state index in [9.17, 15) is 18.4 Å². The molecule has 0 N–H and O–H groups in total. The highest BCUT2D eigenvalue weighted by Crippen LogP contribution is 2.14. The smallest absolute Gasteiger partial charge is 0.264 e. The zero-order chi connectivity index (χ0) is 16.4. The fourth-order valence-corrected chi connectivity index (χ4v) is 2.13. The van der Waals surface area contributed by atoms with Crippen LogP contribution in [0.15, 0.2) is 61.2 Å². The summed E-state index contributed by atoms with van der Waals surface area (Å²) in [7, 11) is 0. The monoisotopic (exact) mass is 312 g/mol. The summed E-state index contributed by atoms with van der Waals surface area (Å²) in [5.41, 5.74) is 0.151. The van der Waals surface area contributed by atoms with Crippen LogP contribution in [0.5, 0.6) is 0 Å². The van der Waals surface area contributed by atoms with Gasteiger partial charge in [0.15, 0.2) is 5.78 Å². The quantitative estimate of drug-likeness (QED) is 0.698. The van der Waals surface area contributed by atoms with Crippen LogP contribution in [0.1, 0.15) is 26.3 Å². The lowest BCUT2D eigenvalue weighted by atomic mass is 10.1. The lowest BCUT2D eigenvalue weighted by Gasteiger charge is -2.03. The van der Waals surface area contributed by atoms with Crippen molar-refractivity contribution >= 4 is 11.7 Å². The van der Waals surface area contributed by atoms with Gasteiger partial charge in [-0.25, -0.2) is 8.78 Å². The average Bonchev–Trinajstić information content (AvgIpc) is 3.04. The third-order valence-electron chi connectivity index (χ3n) is 3.26. The minimum absolute atomic E-state index is 0.0705. The third-order valence-corrected chi connectivity index (χ3v) is 3.26. The van der Waals surface area contributed by atoms with Crippen molar-refractivity contribution < 1.29 is 18.4 Å². The van der Waals surface area contributed by atoms with Gasteiger partial charge in [0.1, 0.15) is 11.6 Å². The molecule has 23 heavy (non-hydrogen) atoms. The number of halogens is 2. The molecule has 3 rings (SSSR count). The standard InChI is InChI=1S/C17H10F2N2O2/c18-13-7-12(8-20-9-13)16(22)11-5-6-21(10-11)17(23)14-3-1-2-4-15(14)19/h1-10H. The molecule has 0 amide bonds. The van der Waals surface area contributed by atoms with Gasteiger partial charge in [-0.15, -0.1) is 0 Å². The van der Waals surface area contributed by atoms with E-state index in [1.807, 2.05) is 0 Å². The predicted octanol–water partition coefficient (Wildman–Crippen LogP) is 3.08. The third kappa shape index (κ3) is 2.91. The van der Waals surface area contributed by atoms with E-state index in [0.717, 1.165) is 16.8 Å². The minimum Gasteiger partial charge on any atom is -0.290 e. The number of hydrogen-bond donors (Lipinski definition) is 0. The molecule has 0 radical (unpaired) electrons. The SMILES string of the molecule is O=C(c1cncc(F)c1)c1ccn(C(=O)c2ccccc2F)c1. The summed E-state index contributed by atoms with van der Waals surface area (Å²) in [5.74, 6) is -2.34. The summed E-state index contributed by atoms with van der Waals surface area (Å²) in [6.45, 7) is 0. The largest absolute Gasteiger partial charge is 0.290 e. The normalized spacial score (nSPS) is 10.5. The van der Waals surface area contributed by atoms with Crippen molar-refractivity contribution in [2.45, 2.75) is 0 Å². The van der Waals surface area contributed by atoms with Crippen LogP contribution in [0.2, 0.25) is 0 Å². The summed E-state index contributed by atoms with van der Waals surface area (Å²) in [6.07, 6.45) is 4.86. The van der Waals surface area contributed by atoms with E-state index >= 15 is 0 Å². The maximum absolute atomic E-state index is 13.6. The second-order valence-corrected chi connectivity index (χ2v) is 4.81. The van der Waals surface area contributed by atoms with Gasteiger partial charge >= 0.3 is 0 Å². The van der Waals surface area contributed by atoms with Crippen molar-refractivity contribution in [3.63, 3.8) is 0 Å². The highest BCUT2D eigenvalue weighted by molar-refractivity contribution is 6.09. The Balaban J connectivity index is 1.90. The van der Waals surface area contributed by atoms with Crippen molar-refractivity contribution in [2.24, 2.45) is 0 Å². The number of aromatic nitrogens is 2. The fraction of sp³-hybridized carbons (Fsp3) is 0. The van der Waals surface area contributed by atoms with E-state index in [4.69, 9.17) is 0 Å². The first-order chi connectivity index (χ1) is 11.1. The molecule has 0 aliphatic heterocycles. The van der Waals surface area contributed by atoms with Crippen molar-refractivity contribution in [2.75, 3.05) is 0 Å². The number of carbonyl (C=O) groups is 2. The number of hydrogen-bond acceptors (Lipinski definition) is 3. The first kappa shape index (κ1) is 14.8. The molecule has 0 aliphatic carbocycles. The van der Waals surface area contributed by atoms with Crippen molar-refractivity contribution in [1.29, 1.82) is 0 Å². The number of nitrogens with zero attached hydrogens (tertiary/aromatic N) is 2. The molecular formula is C17H10F2N2O2. The highest BCUT2D eigenvalue weighted by atomic mass is 19.1. The Bertz CT molecular complexity index is 903. The van der Waals surface area contributed by atoms with Crippen LogP contribution in [-0.2, 0) is 0 Å². The van der Waals surface area contributed by atoms with Gasteiger partial charge in [-0.2, -0.15) is 0 Å². The van der Waals surface area contributed by atoms with Crippen molar-refractivity contribution in [3.8, 4) is 0 Å². The Morgan fingerprint density at radius 3 is 2.52 bits per heavy atom. The van der Waals surface area contributed by atoms with Crippen molar-refractivity contribution in [3.05, 3.63) is 89.5 Å². The van der Waals surface area contributed by atoms with E-state index in [0.29, 0.717) is 0 Å². The Kier molecular flexibility index (Phi) is 3.80. The van der Waals surface area contributed by atoms with E-state index in [1.165, 1.54) is 42.9 Å². The molecular weight excluding hydrogens is 302 g/mol. The first-order valence-electron chi connectivity index (χ1n) is 6.69. The number of ketones is 1. The number of pyridine rings is 1. The Hall–Kier alpha value is -3.15. The molecule has 2 aromatic heterocycles. The van der Waals surface area contributed by atoms with Gasteiger partial charge in [-0.3, -0.25) is 19.1 Å². The predicted molar refractivity (Wildman–Crippen MR) is 78.2 cm³/mol. The van der Waals surface area contributed by atoms with Crippen LogP contribution in [-0.4, -0.2) is 21.2 Å². The second kappa shape index (κ2) is 5.92. The van der Waals surface area contributed by atoms with Crippen LogP contribution in [0.4, 0.5) is 8.78 Å². The van der Waals surface area contributed by atoms with Gasteiger partial charge in [0.25, 0.3) is 5.91 Å². The van der Waals surface area contributed by atoms with Crippen LogP contribution in [0.3, 0.4) is 0 Å². The summed E-state index contributed by atoms with van der Waals surface area (Å²) in [4.78, 5) is 28.1. The van der Waals surface area contributed by atoms with E-state index in [-0.39, 0.29) is 16.7 Å². The molecule has 0 atom stereocenters. The molecule has 114 valence electrons. The molecule has 0 unspecified atom stereocenters. The van der Waals surface area contributed by atoms with Crippen LogP contribution in [0, 0.1) is 11.6 Å². The highest BCUT2D eigenvalue weighted by Gasteiger charge is 2.16. The maximum atomic E-state index is 13.6.